The van der Waals surface area contributed by atoms with Gasteiger partial charge in [0.1, 0.15) is 5.60 Å². The monoisotopic (exact) mass is 300 g/mol. The first-order chi connectivity index (χ1) is 9.56. The number of halogens is 2. The molecule has 1 amide bonds. The number of rotatable bonds is 2. The van der Waals surface area contributed by atoms with Gasteiger partial charge in [-0.25, -0.2) is 14.2 Å². The molecule has 108 valence electrons. The van der Waals surface area contributed by atoms with Gasteiger partial charge in [0.15, 0.2) is 11.6 Å². The lowest BCUT2D eigenvalue weighted by molar-refractivity contribution is 0.0222. The van der Waals surface area contributed by atoms with Crippen LogP contribution >= 0.6 is 11.6 Å². The van der Waals surface area contributed by atoms with Crippen LogP contribution in [0.15, 0.2) is 6.20 Å². The van der Waals surface area contributed by atoms with E-state index in [1.54, 1.807) is 0 Å². The van der Waals surface area contributed by atoms with Gasteiger partial charge in [-0.1, -0.05) is 0 Å². The second-order valence-corrected chi connectivity index (χ2v) is 5.54. The first-order valence-electron chi connectivity index (χ1n) is 6.48. The predicted octanol–water partition coefficient (Wildman–Crippen LogP) is 2.10. The highest BCUT2D eigenvalue weighted by molar-refractivity contribution is 6.28. The number of hydrogen-bond acceptors (Lipinski definition) is 5. The van der Waals surface area contributed by atoms with Crippen LogP contribution in [0, 0.1) is 5.82 Å². The molecular weight excluding hydrogens is 287 g/mol. The molecule has 0 aromatic carbocycles. The summed E-state index contributed by atoms with van der Waals surface area (Å²) in [5.74, 6) is -0.458. The number of aromatic nitrogens is 2. The van der Waals surface area contributed by atoms with Gasteiger partial charge in [0.05, 0.1) is 12.7 Å². The van der Waals surface area contributed by atoms with Crippen molar-refractivity contribution in [3.63, 3.8) is 0 Å². The highest BCUT2D eigenvalue weighted by Crippen LogP contribution is 2.35. The van der Waals surface area contributed by atoms with E-state index in [9.17, 15) is 9.18 Å². The molecule has 1 saturated carbocycles. The van der Waals surface area contributed by atoms with Crippen LogP contribution in [0.2, 0.25) is 5.28 Å². The Balaban J connectivity index is 1.71. The number of carbonyl (C=O) groups is 1. The van der Waals surface area contributed by atoms with Gasteiger partial charge in [0.2, 0.25) is 5.28 Å². The first-order valence-corrected chi connectivity index (χ1v) is 6.86. The van der Waals surface area contributed by atoms with Gasteiger partial charge in [0, 0.05) is 12.5 Å². The van der Waals surface area contributed by atoms with E-state index in [1.807, 2.05) is 0 Å². The molecule has 1 aromatic rings. The summed E-state index contributed by atoms with van der Waals surface area (Å²) in [5, 5.41) is 5.70. The van der Waals surface area contributed by atoms with Gasteiger partial charge in [-0.2, -0.15) is 4.98 Å². The average Bonchev–Trinajstić information content (AvgIpc) is 2.75. The quantitative estimate of drug-likeness (QED) is 0.818. The maximum absolute atomic E-state index is 13.6. The molecule has 0 radical (unpaired) electrons. The van der Waals surface area contributed by atoms with E-state index >= 15 is 0 Å². The van der Waals surface area contributed by atoms with Crippen LogP contribution in [0.25, 0.3) is 0 Å². The number of nitrogens with zero attached hydrogens (tertiary/aromatic N) is 2. The highest BCUT2D eigenvalue weighted by atomic mass is 35.5. The second kappa shape index (κ2) is 5.05. The minimum absolute atomic E-state index is 0.00613. The number of nitrogens with one attached hydrogen (secondary N) is 2. The molecule has 0 unspecified atom stereocenters. The molecule has 6 nitrogen and oxygen atoms in total. The van der Waals surface area contributed by atoms with Crippen LogP contribution < -0.4 is 10.6 Å². The molecule has 1 spiro atoms. The molecule has 0 bridgehead atoms. The number of ether oxygens (including phenoxy) is 1. The summed E-state index contributed by atoms with van der Waals surface area (Å²) in [6, 6.07) is -0.0167. The van der Waals surface area contributed by atoms with E-state index in [4.69, 9.17) is 16.3 Å². The zero-order valence-corrected chi connectivity index (χ0v) is 11.4. The summed E-state index contributed by atoms with van der Waals surface area (Å²) in [6.45, 7) is 0.497. The fourth-order valence-electron chi connectivity index (χ4n) is 2.84. The van der Waals surface area contributed by atoms with Gasteiger partial charge >= 0.3 is 6.09 Å². The number of amides is 1. The minimum Gasteiger partial charge on any atom is -0.441 e. The summed E-state index contributed by atoms with van der Waals surface area (Å²) in [7, 11) is 0. The fraction of sp³-hybridized carbons (Fsp3) is 0.583. The van der Waals surface area contributed by atoms with Crippen molar-refractivity contribution in [3.8, 4) is 0 Å². The number of hydrogen-bond donors (Lipinski definition) is 2. The molecular formula is C12H14ClFN4O2. The van der Waals surface area contributed by atoms with Crippen LogP contribution in [0.4, 0.5) is 15.0 Å². The molecule has 2 fully saturated rings. The Morgan fingerprint density at radius 1 is 1.60 bits per heavy atom. The third-order valence-corrected chi connectivity index (χ3v) is 3.91. The molecule has 3 rings (SSSR count). The summed E-state index contributed by atoms with van der Waals surface area (Å²) < 4.78 is 19.0. The van der Waals surface area contributed by atoms with Crippen molar-refractivity contribution in [1.29, 1.82) is 0 Å². The lowest BCUT2D eigenvalue weighted by Gasteiger charge is -2.36. The van der Waals surface area contributed by atoms with Crippen molar-refractivity contribution in [1.82, 2.24) is 15.3 Å². The smallest absolute Gasteiger partial charge is 0.407 e. The average molecular weight is 301 g/mol. The molecule has 1 aromatic heterocycles. The Bertz CT molecular complexity index is 544. The van der Waals surface area contributed by atoms with Gasteiger partial charge in [0.25, 0.3) is 0 Å². The van der Waals surface area contributed by atoms with E-state index in [2.05, 4.69) is 20.6 Å². The molecule has 8 heteroatoms. The molecule has 2 N–H and O–H groups in total. The van der Waals surface area contributed by atoms with E-state index in [0.29, 0.717) is 13.0 Å². The van der Waals surface area contributed by atoms with Gasteiger partial charge in [-0.15, -0.1) is 0 Å². The first kappa shape index (κ1) is 13.4. The molecule has 20 heavy (non-hydrogen) atoms. The zero-order valence-electron chi connectivity index (χ0n) is 10.7. The van der Waals surface area contributed by atoms with Crippen molar-refractivity contribution in [2.45, 2.75) is 37.3 Å². The summed E-state index contributed by atoms with van der Waals surface area (Å²) in [5.41, 5.74) is -0.486. The topological polar surface area (TPSA) is 76.1 Å². The lowest BCUT2D eigenvalue weighted by atomic mass is 9.82. The van der Waals surface area contributed by atoms with Crippen LogP contribution in [0.3, 0.4) is 0 Å². The van der Waals surface area contributed by atoms with E-state index in [1.165, 1.54) is 0 Å². The molecule has 1 saturated heterocycles. The van der Waals surface area contributed by atoms with Gasteiger partial charge in [-0.05, 0) is 30.9 Å². The Hall–Kier alpha value is -1.63. The summed E-state index contributed by atoms with van der Waals surface area (Å²) in [6.07, 6.45) is 3.84. The molecule has 2 atom stereocenters. The normalized spacial score (nSPS) is 29.1. The van der Waals surface area contributed by atoms with Crippen LogP contribution in [0.1, 0.15) is 25.7 Å². The molecule has 2 heterocycles. The largest absolute Gasteiger partial charge is 0.441 e. The third kappa shape index (κ3) is 2.63. The van der Waals surface area contributed by atoms with Crippen LogP contribution in [-0.2, 0) is 4.74 Å². The summed E-state index contributed by atoms with van der Waals surface area (Å²) >= 11 is 5.67. The van der Waals surface area contributed by atoms with Gasteiger partial charge in [-0.3, -0.25) is 0 Å². The minimum atomic E-state index is -0.546. The maximum atomic E-state index is 13.6. The van der Waals surface area contributed by atoms with Crippen molar-refractivity contribution < 1.29 is 13.9 Å². The molecule has 2 aliphatic rings. The Morgan fingerprint density at radius 3 is 3.20 bits per heavy atom. The van der Waals surface area contributed by atoms with Crippen molar-refractivity contribution in [2.24, 2.45) is 0 Å². The standard InChI is InChI=1S/C12H14ClFN4O2/c13-10-15-5-8(14)9(18-10)17-7-2-1-3-12(4-7)6-16-11(19)20-12/h5,7H,1-4,6H2,(H,16,19)(H,15,17,18)/t7-,12-/m0/s1. The Labute approximate surface area is 120 Å². The fourth-order valence-corrected chi connectivity index (χ4v) is 2.98. The zero-order chi connectivity index (χ0) is 14.2. The Kier molecular flexibility index (Phi) is 3.37. The maximum Gasteiger partial charge on any atom is 0.407 e. The SMILES string of the molecule is O=C1NC[C@@]2(CCC[C@H](Nc3nc(Cl)ncc3F)C2)O1. The molecule has 1 aliphatic heterocycles. The number of alkyl carbamates (subject to hydrolysis) is 1. The van der Waals surface area contributed by atoms with Crippen molar-refractivity contribution in [2.75, 3.05) is 11.9 Å². The predicted molar refractivity (Wildman–Crippen MR) is 70.1 cm³/mol. The summed E-state index contributed by atoms with van der Waals surface area (Å²) in [4.78, 5) is 18.6. The van der Waals surface area contributed by atoms with Crippen LogP contribution in [0.5, 0.6) is 0 Å². The number of carbonyl (C=O) groups excluding carboxylic acids is 1. The third-order valence-electron chi connectivity index (χ3n) is 3.72. The van der Waals surface area contributed by atoms with E-state index < -0.39 is 11.4 Å². The second-order valence-electron chi connectivity index (χ2n) is 5.20. The lowest BCUT2D eigenvalue weighted by Crippen LogP contribution is -2.43. The highest BCUT2D eigenvalue weighted by Gasteiger charge is 2.44. The van der Waals surface area contributed by atoms with E-state index in [-0.39, 0.29) is 23.2 Å². The van der Waals surface area contributed by atoms with E-state index in [0.717, 1.165) is 25.5 Å². The van der Waals surface area contributed by atoms with Crippen molar-refractivity contribution >= 4 is 23.5 Å². The molecule has 1 aliphatic carbocycles. The van der Waals surface area contributed by atoms with Crippen LogP contribution in [-0.4, -0.2) is 34.2 Å². The van der Waals surface area contributed by atoms with Gasteiger partial charge < -0.3 is 15.4 Å². The number of anilines is 1. The van der Waals surface area contributed by atoms with Crippen molar-refractivity contribution in [3.05, 3.63) is 17.3 Å². The Morgan fingerprint density at radius 2 is 2.45 bits per heavy atom.